The zero-order valence-electron chi connectivity index (χ0n) is 20.7. The normalized spacial score (nSPS) is 23.7. The third-order valence-electron chi connectivity index (χ3n) is 7.69. The first-order chi connectivity index (χ1) is 17.9. The van der Waals surface area contributed by atoms with Gasteiger partial charge in [-0.2, -0.15) is 0 Å². The van der Waals surface area contributed by atoms with Gasteiger partial charge in [0.25, 0.3) is 5.79 Å². The number of fused-ring (bicyclic) bond motifs is 1. The van der Waals surface area contributed by atoms with Crippen LogP contribution in [-0.4, -0.2) is 46.5 Å². The van der Waals surface area contributed by atoms with Crippen LogP contribution in [0.5, 0.6) is 11.5 Å². The van der Waals surface area contributed by atoms with E-state index in [0.29, 0.717) is 46.8 Å². The van der Waals surface area contributed by atoms with Gasteiger partial charge in [0.15, 0.2) is 17.8 Å². The summed E-state index contributed by atoms with van der Waals surface area (Å²) < 4.78 is 34.7. The molecule has 2 unspecified atom stereocenters. The number of piperidine rings is 1. The molecular formula is C28H29ClFN3O4. The number of aldehydes is 1. The molecule has 2 aromatic carbocycles. The molecule has 1 aromatic heterocycles. The highest BCUT2D eigenvalue weighted by molar-refractivity contribution is 6.30. The number of para-hydroxylation sites is 1. The molecule has 0 spiro atoms. The molecule has 6 rings (SSSR count). The van der Waals surface area contributed by atoms with E-state index < -0.39 is 11.6 Å². The molecule has 2 atom stereocenters. The Labute approximate surface area is 220 Å². The van der Waals surface area contributed by atoms with Gasteiger partial charge in [-0.15, -0.1) is 0 Å². The largest absolute Gasteiger partial charge is 0.444 e. The van der Waals surface area contributed by atoms with Gasteiger partial charge in [0.05, 0.1) is 31.0 Å². The van der Waals surface area contributed by atoms with Crippen LogP contribution in [0.1, 0.15) is 59.5 Å². The van der Waals surface area contributed by atoms with Gasteiger partial charge in [0.2, 0.25) is 0 Å². The summed E-state index contributed by atoms with van der Waals surface area (Å²) in [6.07, 6.45) is 5.57. The van der Waals surface area contributed by atoms with E-state index in [4.69, 9.17) is 25.8 Å². The summed E-state index contributed by atoms with van der Waals surface area (Å²) in [7, 11) is 0. The summed E-state index contributed by atoms with van der Waals surface area (Å²) in [5, 5.41) is 0.328. The fourth-order valence-corrected chi connectivity index (χ4v) is 5.69. The molecule has 37 heavy (non-hydrogen) atoms. The Morgan fingerprint density at radius 2 is 2.00 bits per heavy atom. The Morgan fingerprint density at radius 3 is 2.70 bits per heavy atom. The van der Waals surface area contributed by atoms with E-state index >= 15 is 0 Å². The topological polar surface area (TPSA) is 65.8 Å². The lowest BCUT2D eigenvalue weighted by Gasteiger charge is -2.33. The molecule has 0 amide bonds. The quantitative estimate of drug-likeness (QED) is 0.390. The van der Waals surface area contributed by atoms with Crippen molar-refractivity contribution in [2.75, 3.05) is 19.7 Å². The van der Waals surface area contributed by atoms with Crippen molar-refractivity contribution in [2.45, 2.75) is 57.1 Å². The Hall–Kier alpha value is -2.94. The third kappa shape index (κ3) is 4.62. The fourth-order valence-electron chi connectivity index (χ4n) is 5.53. The van der Waals surface area contributed by atoms with Gasteiger partial charge < -0.3 is 18.8 Å². The van der Waals surface area contributed by atoms with Gasteiger partial charge in [0, 0.05) is 24.1 Å². The first-order valence-electron chi connectivity index (χ1n) is 12.7. The molecule has 2 fully saturated rings. The van der Waals surface area contributed by atoms with E-state index in [0.717, 1.165) is 56.6 Å². The molecule has 3 aliphatic heterocycles. The second-order valence-electron chi connectivity index (χ2n) is 10.1. The minimum Gasteiger partial charge on any atom is -0.444 e. The van der Waals surface area contributed by atoms with Gasteiger partial charge in [-0.1, -0.05) is 23.7 Å². The maximum Gasteiger partial charge on any atom is 0.278 e. The molecule has 2 saturated heterocycles. The van der Waals surface area contributed by atoms with Crippen molar-refractivity contribution in [2.24, 2.45) is 0 Å². The van der Waals surface area contributed by atoms with E-state index in [1.54, 1.807) is 25.3 Å². The molecule has 9 heteroatoms. The number of likely N-dealkylation sites (tertiary alicyclic amines) is 1. The van der Waals surface area contributed by atoms with Crippen LogP contribution in [0, 0.1) is 5.82 Å². The van der Waals surface area contributed by atoms with Crippen molar-refractivity contribution in [3.05, 3.63) is 76.1 Å². The van der Waals surface area contributed by atoms with Crippen LogP contribution in [-0.2, 0) is 23.6 Å². The molecule has 194 valence electrons. The number of halogens is 2. The minimum absolute atomic E-state index is 0.159. The van der Waals surface area contributed by atoms with Crippen molar-refractivity contribution in [3.8, 4) is 11.5 Å². The number of rotatable bonds is 7. The second-order valence-corrected chi connectivity index (χ2v) is 10.5. The van der Waals surface area contributed by atoms with E-state index in [9.17, 15) is 9.18 Å². The predicted octanol–water partition coefficient (Wildman–Crippen LogP) is 5.30. The summed E-state index contributed by atoms with van der Waals surface area (Å²) >= 11 is 5.94. The maximum absolute atomic E-state index is 14.7. The average Bonchev–Trinajstić information content (AvgIpc) is 3.41. The summed E-state index contributed by atoms with van der Waals surface area (Å²) in [6.45, 7) is 5.65. The molecule has 0 aliphatic carbocycles. The number of imidazole rings is 1. The SMILES string of the molecule is CC1(c2ccc(Cl)cc2F)Oc2cccc(C3CCN(Cc4ncc(C=O)n4CC4CCO4)CC3)c2O1. The van der Waals surface area contributed by atoms with Crippen LogP contribution >= 0.6 is 11.6 Å². The minimum atomic E-state index is -1.26. The van der Waals surface area contributed by atoms with Crippen molar-refractivity contribution in [3.63, 3.8) is 0 Å². The number of benzene rings is 2. The Bertz CT molecular complexity index is 1320. The summed E-state index contributed by atoms with van der Waals surface area (Å²) in [5.41, 5.74) is 1.99. The standard InChI is InChI=1S/C28H29ClFN3O4/c1-28(23-6-5-19(29)13-24(23)30)36-25-4-2-3-22(27(25)37-28)18-7-10-32(11-8-18)16-26-31-14-20(17-34)33(26)15-21-9-12-35-21/h2-6,13-14,17-18,21H,7-12,15-16H2,1H3. The Kier molecular flexibility index (Phi) is 6.42. The van der Waals surface area contributed by atoms with Crippen LogP contribution in [0.4, 0.5) is 4.39 Å². The monoisotopic (exact) mass is 525 g/mol. The van der Waals surface area contributed by atoms with Gasteiger partial charge in [-0.25, -0.2) is 9.37 Å². The number of ether oxygens (including phenoxy) is 3. The van der Waals surface area contributed by atoms with Crippen LogP contribution in [0.15, 0.2) is 42.6 Å². The van der Waals surface area contributed by atoms with Gasteiger partial charge in [-0.3, -0.25) is 9.69 Å². The first-order valence-corrected chi connectivity index (χ1v) is 13.1. The highest BCUT2D eigenvalue weighted by Crippen LogP contribution is 2.49. The van der Waals surface area contributed by atoms with Crippen molar-refractivity contribution in [1.29, 1.82) is 0 Å². The zero-order chi connectivity index (χ0) is 25.6. The summed E-state index contributed by atoms with van der Waals surface area (Å²) in [6, 6.07) is 10.4. The van der Waals surface area contributed by atoms with Crippen LogP contribution in [0.2, 0.25) is 5.02 Å². The molecule has 0 radical (unpaired) electrons. The van der Waals surface area contributed by atoms with Gasteiger partial charge >= 0.3 is 0 Å². The van der Waals surface area contributed by atoms with E-state index in [-0.39, 0.29) is 6.10 Å². The lowest BCUT2D eigenvalue weighted by molar-refractivity contribution is -0.0712. The summed E-state index contributed by atoms with van der Waals surface area (Å²) in [4.78, 5) is 18.4. The molecule has 0 saturated carbocycles. The molecule has 3 aliphatic rings. The highest BCUT2D eigenvalue weighted by Gasteiger charge is 2.43. The third-order valence-corrected chi connectivity index (χ3v) is 7.93. The van der Waals surface area contributed by atoms with Gasteiger partial charge in [-0.05, 0) is 62.5 Å². The molecule has 3 aromatic rings. The number of aromatic nitrogens is 2. The van der Waals surface area contributed by atoms with Crippen LogP contribution in [0.25, 0.3) is 0 Å². The molecule has 4 heterocycles. The average molecular weight is 526 g/mol. The number of hydrogen-bond acceptors (Lipinski definition) is 6. The van der Waals surface area contributed by atoms with Crippen molar-refractivity contribution in [1.82, 2.24) is 14.5 Å². The molecule has 0 bridgehead atoms. The molecule has 7 nitrogen and oxygen atoms in total. The maximum atomic E-state index is 14.7. The lowest BCUT2D eigenvalue weighted by Crippen LogP contribution is -2.36. The Balaban J connectivity index is 1.14. The predicted molar refractivity (Wildman–Crippen MR) is 136 cm³/mol. The second kappa shape index (κ2) is 9.74. The number of hydrogen-bond donors (Lipinski definition) is 0. The number of carbonyl (C=O) groups excluding carboxylic acids is 1. The van der Waals surface area contributed by atoms with Crippen molar-refractivity contribution >= 4 is 17.9 Å². The zero-order valence-corrected chi connectivity index (χ0v) is 21.4. The van der Waals surface area contributed by atoms with Gasteiger partial charge in [0.1, 0.15) is 17.3 Å². The number of carbonyl (C=O) groups is 1. The number of nitrogens with zero attached hydrogens (tertiary/aromatic N) is 3. The van der Waals surface area contributed by atoms with Crippen molar-refractivity contribution < 1.29 is 23.4 Å². The first kappa shape index (κ1) is 24.4. The molecule has 0 N–H and O–H groups in total. The Morgan fingerprint density at radius 1 is 1.19 bits per heavy atom. The van der Waals surface area contributed by atoms with Crippen LogP contribution in [0.3, 0.4) is 0 Å². The lowest BCUT2D eigenvalue weighted by atomic mass is 9.88. The van der Waals surface area contributed by atoms with Crippen LogP contribution < -0.4 is 9.47 Å². The smallest absolute Gasteiger partial charge is 0.278 e. The fraction of sp³-hybridized carbons (Fsp3) is 0.429. The van der Waals surface area contributed by atoms with E-state index in [2.05, 4.69) is 16.0 Å². The summed E-state index contributed by atoms with van der Waals surface area (Å²) in [5.74, 6) is 0.779. The molecular weight excluding hydrogens is 497 g/mol. The highest BCUT2D eigenvalue weighted by atomic mass is 35.5. The van der Waals surface area contributed by atoms with E-state index in [1.165, 1.54) is 6.07 Å². The van der Waals surface area contributed by atoms with E-state index in [1.807, 2.05) is 16.7 Å².